The maximum Gasteiger partial charge on any atom is 0.273 e. The van der Waals surface area contributed by atoms with E-state index in [1.165, 1.54) is 0 Å². The fourth-order valence-corrected chi connectivity index (χ4v) is 4.40. The molecule has 1 amide bonds. The minimum absolute atomic E-state index is 0.0349. The lowest BCUT2D eigenvalue weighted by Gasteiger charge is -2.48. The molecule has 0 aromatic heterocycles. The van der Waals surface area contributed by atoms with Crippen molar-refractivity contribution in [2.75, 3.05) is 45.0 Å². The molecular weight excluding hydrogens is 290 g/mol. The van der Waals surface area contributed by atoms with Crippen LogP contribution in [0.4, 0.5) is 5.69 Å². The van der Waals surface area contributed by atoms with Crippen LogP contribution in [-0.4, -0.2) is 60.7 Å². The predicted octanol–water partition coefficient (Wildman–Crippen LogP) is 0.622. The molecule has 4 aliphatic rings. The summed E-state index contributed by atoms with van der Waals surface area (Å²) in [4.78, 5) is 17.4. The highest BCUT2D eigenvalue weighted by atomic mass is 16.2. The molecule has 0 radical (unpaired) electrons. The predicted molar refractivity (Wildman–Crippen MR) is 90.2 cm³/mol. The smallest absolute Gasteiger partial charge is 0.273 e. The van der Waals surface area contributed by atoms with Crippen molar-refractivity contribution in [3.63, 3.8) is 0 Å². The van der Waals surface area contributed by atoms with Crippen LogP contribution >= 0.6 is 0 Å². The zero-order chi connectivity index (χ0) is 16.0. The molecule has 5 rings (SSSR count). The first kappa shape index (κ1) is 14.7. The average molecular weight is 313 g/mol. The van der Waals surface area contributed by atoms with Crippen LogP contribution < -0.4 is 11.2 Å². The van der Waals surface area contributed by atoms with Crippen molar-refractivity contribution in [1.82, 2.24) is 15.2 Å². The highest BCUT2D eigenvalue weighted by Crippen LogP contribution is 2.38. The third-order valence-corrected chi connectivity index (χ3v) is 5.32. The van der Waals surface area contributed by atoms with E-state index in [4.69, 9.17) is 5.73 Å². The first-order valence-corrected chi connectivity index (χ1v) is 8.23. The van der Waals surface area contributed by atoms with Crippen molar-refractivity contribution < 1.29 is 4.79 Å². The number of amides is 1. The highest BCUT2D eigenvalue weighted by molar-refractivity contribution is 6.01. The topological polar surface area (TPSA) is 74.0 Å². The molecular formula is C17H23N5O. The third-order valence-electron chi connectivity index (χ3n) is 5.32. The number of hydrogen-bond donors (Lipinski definition) is 2. The van der Waals surface area contributed by atoms with Gasteiger partial charge < -0.3 is 15.5 Å². The Bertz CT molecular complexity index is 655. The molecule has 4 saturated heterocycles. The quantitative estimate of drug-likeness (QED) is 0.620. The van der Waals surface area contributed by atoms with Gasteiger partial charge in [-0.25, -0.2) is 5.43 Å². The molecule has 2 unspecified atom stereocenters. The van der Waals surface area contributed by atoms with Gasteiger partial charge in [-0.2, -0.15) is 5.10 Å². The second kappa shape index (κ2) is 5.32. The lowest BCUT2D eigenvalue weighted by Crippen LogP contribution is -2.60. The summed E-state index contributed by atoms with van der Waals surface area (Å²) in [6.07, 6.45) is 0. The zero-order valence-corrected chi connectivity index (χ0v) is 13.5. The van der Waals surface area contributed by atoms with Gasteiger partial charge >= 0.3 is 0 Å². The van der Waals surface area contributed by atoms with Crippen molar-refractivity contribution in [2.45, 2.75) is 6.92 Å². The van der Waals surface area contributed by atoms with Crippen molar-refractivity contribution >= 4 is 17.3 Å². The molecule has 0 saturated carbocycles. The SMILES string of the molecule is CC12CN3CCN(CC(C3)/C1=N/NC(=O)c1ccccc1N)C2. The highest BCUT2D eigenvalue weighted by Gasteiger charge is 2.49. The normalized spacial score (nSPS) is 36.9. The second-order valence-corrected chi connectivity index (χ2v) is 7.25. The number of para-hydroxylation sites is 1. The van der Waals surface area contributed by atoms with E-state index >= 15 is 0 Å². The number of benzene rings is 1. The van der Waals surface area contributed by atoms with Gasteiger partial charge in [0.1, 0.15) is 0 Å². The Morgan fingerprint density at radius 1 is 1.26 bits per heavy atom. The number of rotatable bonds is 2. The Balaban J connectivity index is 1.57. The number of nitrogen functional groups attached to an aromatic ring is 1. The van der Waals surface area contributed by atoms with Crippen molar-refractivity contribution in [3.05, 3.63) is 29.8 Å². The van der Waals surface area contributed by atoms with E-state index in [9.17, 15) is 4.79 Å². The van der Waals surface area contributed by atoms with Gasteiger partial charge in [-0.1, -0.05) is 19.1 Å². The maximum absolute atomic E-state index is 12.4. The molecule has 23 heavy (non-hydrogen) atoms. The number of hydrogen-bond acceptors (Lipinski definition) is 5. The summed E-state index contributed by atoms with van der Waals surface area (Å²) < 4.78 is 0. The van der Waals surface area contributed by atoms with E-state index in [2.05, 4.69) is 27.3 Å². The number of carbonyl (C=O) groups is 1. The van der Waals surface area contributed by atoms with E-state index in [0.717, 1.165) is 45.0 Å². The van der Waals surface area contributed by atoms with Gasteiger partial charge in [0.2, 0.25) is 0 Å². The Hall–Kier alpha value is -1.92. The number of nitrogens with zero attached hydrogens (tertiary/aromatic N) is 3. The number of nitrogens with two attached hydrogens (primary N) is 1. The molecule has 4 bridgehead atoms. The number of piperidine rings is 2. The molecule has 3 N–H and O–H groups in total. The Labute approximate surface area is 136 Å². The lowest BCUT2D eigenvalue weighted by atomic mass is 9.72. The minimum atomic E-state index is -0.230. The van der Waals surface area contributed by atoms with Crippen LogP contribution in [-0.2, 0) is 0 Å². The molecule has 2 atom stereocenters. The van der Waals surface area contributed by atoms with Crippen LogP contribution in [0.15, 0.2) is 29.4 Å². The average Bonchev–Trinajstić information content (AvgIpc) is 2.74. The van der Waals surface area contributed by atoms with E-state index < -0.39 is 0 Å². The maximum atomic E-state index is 12.4. The van der Waals surface area contributed by atoms with Crippen molar-refractivity contribution in [2.24, 2.45) is 16.4 Å². The number of fused-ring (bicyclic) bond motifs is 1. The van der Waals surface area contributed by atoms with Crippen LogP contribution in [0.2, 0.25) is 0 Å². The van der Waals surface area contributed by atoms with Gasteiger partial charge in [-0.15, -0.1) is 0 Å². The first-order chi connectivity index (χ1) is 11.0. The standard InChI is InChI=1S/C17H23N5O/c1-17-10-21-6-7-22(11-17)9-12(8-21)15(17)19-20-16(23)13-4-2-3-5-14(13)18/h2-5,12H,6-11,18H2,1H3,(H,20,23)/b19-15-. The van der Waals surface area contributed by atoms with E-state index in [-0.39, 0.29) is 11.3 Å². The van der Waals surface area contributed by atoms with Crippen molar-refractivity contribution in [3.8, 4) is 0 Å². The fraction of sp³-hybridized carbons (Fsp3) is 0.529. The van der Waals surface area contributed by atoms with Gasteiger partial charge in [0.05, 0.1) is 11.3 Å². The minimum Gasteiger partial charge on any atom is -0.398 e. The fourth-order valence-electron chi connectivity index (χ4n) is 4.40. The van der Waals surface area contributed by atoms with E-state index in [0.29, 0.717) is 17.2 Å². The molecule has 1 aromatic carbocycles. The molecule has 6 nitrogen and oxygen atoms in total. The molecule has 4 fully saturated rings. The summed E-state index contributed by atoms with van der Waals surface area (Å²) in [5.74, 6) is 0.185. The number of carbonyl (C=O) groups excluding carboxylic acids is 1. The van der Waals surface area contributed by atoms with Gasteiger partial charge in [0.25, 0.3) is 5.91 Å². The summed E-state index contributed by atoms with van der Waals surface area (Å²) >= 11 is 0. The molecule has 0 aliphatic carbocycles. The molecule has 4 heterocycles. The molecule has 4 aliphatic heterocycles. The van der Waals surface area contributed by atoms with Gasteiger partial charge in [-0.3, -0.25) is 4.79 Å². The summed E-state index contributed by atoms with van der Waals surface area (Å²) in [5, 5.41) is 4.56. The van der Waals surface area contributed by atoms with Gasteiger partial charge in [-0.05, 0) is 12.1 Å². The Morgan fingerprint density at radius 2 is 1.91 bits per heavy atom. The van der Waals surface area contributed by atoms with Crippen LogP contribution in [0.5, 0.6) is 0 Å². The largest absolute Gasteiger partial charge is 0.398 e. The first-order valence-electron chi connectivity index (χ1n) is 8.23. The van der Waals surface area contributed by atoms with E-state index in [1.807, 2.05) is 12.1 Å². The molecule has 6 heteroatoms. The summed E-state index contributed by atoms with van der Waals surface area (Å²) in [5.41, 5.74) is 10.8. The monoisotopic (exact) mass is 313 g/mol. The van der Waals surface area contributed by atoms with Crippen LogP contribution in [0.25, 0.3) is 0 Å². The summed E-state index contributed by atoms with van der Waals surface area (Å²) in [7, 11) is 0. The van der Waals surface area contributed by atoms with Crippen LogP contribution in [0.1, 0.15) is 17.3 Å². The number of hydrazone groups is 1. The second-order valence-electron chi connectivity index (χ2n) is 7.25. The molecule has 0 spiro atoms. The van der Waals surface area contributed by atoms with Crippen LogP contribution in [0.3, 0.4) is 0 Å². The van der Waals surface area contributed by atoms with Crippen molar-refractivity contribution in [1.29, 1.82) is 0 Å². The number of nitrogens with one attached hydrogen (secondary N) is 1. The number of anilines is 1. The summed E-state index contributed by atoms with van der Waals surface area (Å²) in [6.45, 7) is 8.72. The molecule has 1 aromatic rings. The van der Waals surface area contributed by atoms with Gasteiger partial charge in [0, 0.05) is 56.3 Å². The van der Waals surface area contributed by atoms with Gasteiger partial charge in [0.15, 0.2) is 0 Å². The zero-order valence-electron chi connectivity index (χ0n) is 13.5. The van der Waals surface area contributed by atoms with Crippen LogP contribution in [0, 0.1) is 11.3 Å². The Morgan fingerprint density at radius 3 is 2.52 bits per heavy atom. The lowest BCUT2D eigenvalue weighted by molar-refractivity contribution is 0.0949. The Kier molecular flexibility index (Phi) is 3.39. The van der Waals surface area contributed by atoms with E-state index in [1.54, 1.807) is 12.1 Å². The summed E-state index contributed by atoms with van der Waals surface area (Å²) in [6, 6.07) is 7.10. The molecule has 122 valence electrons. The third kappa shape index (κ3) is 2.52.